The lowest BCUT2D eigenvalue weighted by Crippen LogP contribution is -2.05. The van der Waals surface area contributed by atoms with E-state index in [4.69, 9.17) is 9.84 Å². The Labute approximate surface area is 197 Å². The number of hydrogen-bond donors (Lipinski definition) is 1. The quantitative estimate of drug-likeness (QED) is 0.0908. The molecule has 0 aliphatic rings. The molecule has 0 atom stereocenters. The predicted molar refractivity (Wildman–Crippen MR) is 135 cm³/mol. The van der Waals surface area contributed by atoms with E-state index in [1.807, 2.05) is 0 Å². The van der Waals surface area contributed by atoms with Gasteiger partial charge in [0.1, 0.15) is 0 Å². The topological polar surface area (TPSA) is 63.6 Å². The van der Waals surface area contributed by atoms with Crippen LogP contribution in [0.4, 0.5) is 0 Å². The number of carbonyl (C=O) groups is 2. The number of aliphatic carboxylic acids is 1. The van der Waals surface area contributed by atoms with E-state index in [1.54, 1.807) is 0 Å². The van der Waals surface area contributed by atoms with Gasteiger partial charge in [-0.15, -0.1) is 0 Å². The van der Waals surface area contributed by atoms with Gasteiger partial charge in [0.25, 0.3) is 0 Å². The lowest BCUT2D eigenvalue weighted by Gasteiger charge is -2.05. The number of esters is 1. The molecule has 0 rings (SSSR count). The Morgan fingerprint density at radius 2 is 1.12 bits per heavy atom. The van der Waals surface area contributed by atoms with Gasteiger partial charge in [-0.05, 0) is 51.4 Å². The Balaban J connectivity index is 3.26. The molecule has 186 valence electrons. The van der Waals surface area contributed by atoms with Crippen molar-refractivity contribution in [1.29, 1.82) is 0 Å². The average Bonchev–Trinajstić information content (AvgIpc) is 2.77. The zero-order valence-corrected chi connectivity index (χ0v) is 20.8. The van der Waals surface area contributed by atoms with Crippen molar-refractivity contribution in [3.8, 4) is 0 Å². The minimum absolute atomic E-state index is 0.0515. The van der Waals surface area contributed by atoms with Crippen LogP contribution in [0.3, 0.4) is 0 Å². The van der Waals surface area contributed by atoms with Gasteiger partial charge in [0, 0.05) is 12.8 Å². The van der Waals surface area contributed by atoms with E-state index in [-0.39, 0.29) is 12.4 Å². The van der Waals surface area contributed by atoms with Crippen LogP contribution in [0, 0.1) is 0 Å². The van der Waals surface area contributed by atoms with Gasteiger partial charge in [-0.3, -0.25) is 9.59 Å². The summed E-state index contributed by atoms with van der Waals surface area (Å²) in [4.78, 5) is 22.2. The van der Waals surface area contributed by atoms with Crippen molar-refractivity contribution in [2.75, 3.05) is 6.61 Å². The number of carboxylic acids is 1. The molecular weight excluding hydrogens is 400 g/mol. The number of hydrogen-bond acceptors (Lipinski definition) is 3. The largest absolute Gasteiger partial charge is 0.481 e. The van der Waals surface area contributed by atoms with Crippen molar-refractivity contribution in [2.45, 2.75) is 135 Å². The second-order valence-corrected chi connectivity index (χ2v) is 8.82. The number of rotatable bonds is 24. The summed E-state index contributed by atoms with van der Waals surface area (Å²) in [6.07, 6.45) is 30.2. The van der Waals surface area contributed by atoms with Crippen molar-refractivity contribution >= 4 is 11.9 Å². The summed E-state index contributed by atoms with van der Waals surface area (Å²) in [7, 11) is 0. The second-order valence-electron chi connectivity index (χ2n) is 8.82. The van der Waals surface area contributed by atoms with Crippen LogP contribution in [-0.2, 0) is 14.3 Å². The highest BCUT2D eigenvalue weighted by Gasteiger charge is 2.02. The van der Waals surface area contributed by atoms with Crippen LogP contribution in [0.5, 0.6) is 0 Å². The fourth-order valence-electron chi connectivity index (χ4n) is 3.60. The second kappa shape index (κ2) is 25.7. The molecule has 0 aromatic rings. The standard InChI is InChI=1S/C28H50O4/c1-2-3-4-5-6-7-8-9-10-11-12-13-16-19-22-25-28(31)32-26-23-20-17-14-15-18-21-24-27(29)30/h6-7,9-10H,2-5,8,11-26H2,1H3,(H,29,30)/b7-6+,10-9-. The van der Waals surface area contributed by atoms with Crippen molar-refractivity contribution in [2.24, 2.45) is 0 Å². The third-order valence-corrected chi connectivity index (χ3v) is 5.63. The molecule has 0 fully saturated rings. The summed E-state index contributed by atoms with van der Waals surface area (Å²) >= 11 is 0. The Morgan fingerprint density at radius 1 is 0.625 bits per heavy atom. The fraction of sp³-hybridized carbons (Fsp3) is 0.786. The summed E-state index contributed by atoms with van der Waals surface area (Å²) in [6.45, 7) is 2.78. The fourth-order valence-corrected chi connectivity index (χ4v) is 3.60. The molecular formula is C28H50O4. The Bertz CT molecular complexity index is 482. The molecule has 0 amide bonds. The van der Waals surface area contributed by atoms with Crippen LogP contribution in [0.1, 0.15) is 135 Å². The zero-order chi connectivity index (χ0) is 23.5. The van der Waals surface area contributed by atoms with Crippen LogP contribution < -0.4 is 0 Å². The first-order chi connectivity index (χ1) is 15.7. The average molecular weight is 451 g/mol. The Kier molecular flexibility index (Phi) is 24.4. The van der Waals surface area contributed by atoms with E-state index in [1.165, 1.54) is 44.9 Å². The Morgan fingerprint density at radius 3 is 1.72 bits per heavy atom. The molecule has 0 bridgehead atoms. The molecule has 32 heavy (non-hydrogen) atoms. The van der Waals surface area contributed by atoms with E-state index in [0.717, 1.165) is 70.6 Å². The number of carbonyl (C=O) groups excluding carboxylic acids is 1. The van der Waals surface area contributed by atoms with Gasteiger partial charge < -0.3 is 9.84 Å². The van der Waals surface area contributed by atoms with E-state index < -0.39 is 5.97 Å². The first-order valence-electron chi connectivity index (χ1n) is 13.3. The number of unbranched alkanes of at least 4 members (excludes halogenated alkanes) is 14. The van der Waals surface area contributed by atoms with Crippen molar-refractivity contribution in [1.82, 2.24) is 0 Å². The summed E-state index contributed by atoms with van der Waals surface area (Å²) in [5.74, 6) is -0.754. The first-order valence-corrected chi connectivity index (χ1v) is 13.3. The molecule has 0 radical (unpaired) electrons. The van der Waals surface area contributed by atoms with Crippen LogP contribution >= 0.6 is 0 Å². The van der Waals surface area contributed by atoms with Gasteiger partial charge in [-0.25, -0.2) is 0 Å². The van der Waals surface area contributed by atoms with Gasteiger partial charge in [0.15, 0.2) is 0 Å². The lowest BCUT2D eigenvalue weighted by atomic mass is 10.1. The van der Waals surface area contributed by atoms with Crippen molar-refractivity contribution < 1.29 is 19.4 Å². The molecule has 0 aromatic heterocycles. The van der Waals surface area contributed by atoms with Crippen molar-refractivity contribution in [3.63, 3.8) is 0 Å². The monoisotopic (exact) mass is 450 g/mol. The molecule has 0 unspecified atom stereocenters. The highest BCUT2D eigenvalue weighted by atomic mass is 16.5. The number of allylic oxidation sites excluding steroid dienone is 4. The molecule has 1 N–H and O–H groups in total. The minimum atomic E-state index is -0.702. The molecule has 0 heterocycles. The number of ether oxygens (including phenoxy) is 1. The van der Waals surface area contributed by atoms with Gasteiger partial charge >= 0.3 is 11.9 Å². The summed E-state index contributed by atoms with van der Waals surface area (Å²) in [5.41, 5.74) is 0. The maximum Gasteiger partial charge on any atom is 0.305 e. The van der Waals surface area contributed by atoms with Crippen LogP contribution in [0.15, 0.2) is 24.3 Å². The molecule has 0 aliphatic heterocycles. The maximum absolute atomic E-state index is 11.8. The lowest BCUT2D eigenvalue weighted by molar-refractivity contribution is -0.144. The molecule has 0 saturated heterocycles. The zero-order valence-electron chi connectivity index (χ0n) is 20.8. The van der Waals surface area contributed by atoms with Crippen LogP contribution in [-0.4, -0.2) is 23.7 Å². The predicted octanol–water partition coefficient (Wildman–Crippen LogP) is 8.55. The molecule has 0 spiro atoms. The third kappa shape index (κ3) is 26.5. The molecule has 4 nitrogen and oxygen atoms in total. The first kappa shape index (κ1) is 30.4. The van der Waals surface area contributed by atoms with E-state index in [9.17, 15) is 9.59 Å². The molecule has 0 aliphatic carbocycles. The van der Waals surface area contributed by atoms with Crippen LogP contribution in [0.2, 0.25) is 0 Å². The van der Waals surface area contributed by atoms with E-state index >= 15 is 0 Å². The normalized spacial score (nSPS) is 11.5. The van der Waals surface area contributed by atoms with Crippen LogP contribution in [0.25, 0.3) is 0 Å². The molecule has 0 aromatic carbocycles. The number of carboxylic acid groups (broad SMARTS) is 1. The third-order valence-electron chi connectivity index (χ3n) is 5.63. The minimum Gasteiger partial charge on any atom is -0.481 e. The van der Waals surface area contributed by atoms with E-state index in [0.29, 0.717) is 13.0 Å². The molecule has 0 saturated carbocycles. The highest BCUT2D eigenvalue weighted by molar-refractivity contribution is 5.69. The Hall–Kier alpha value is -1.58. The van der Waals surface area contributed by atoms with E-state index in [2.05, 4.69) is 31.2 Å². The van der Waals surface area contributed by atoms with Crippen molar-refractivity contribution in [3.05, 3.63) is 24.3 Å². The highest BCUT2D eigenvalue weighted by Crippen LogP contribution is 2.10. The summed E-state index contributed by atoms with van der Waals surface area (Å²) in [6, 6.07) is 0. The van der Waals surface area contributed by atoms with Gasteiger partial charge in [-0.2, -0.15) is 0 Å². The maximum atomic E-state index is 11.8. The summed E-state index contributed by atoms with van der Waals surface area (Å²) in [5, 5.41) is 8.58. The van der Waals surface area contributed by atoms with Gasteiger partial charge in [-0.1, -0.05) is 95.4 Å². The van der Waals surface area contributed by atoms with Gasteiger partial charge in [0.2, 0.25) is 0 Å². The SMILES string of the molecule is CCCCC/C=C/C/C=C\CCCCCCCC(=O)OCCCCCCCCCC(=O)O. The molecule has 4 heteroatoms. The van der Waals surface area contributed by atoms with Gasteiger partial charge in [0.05, 0.1) is 6.61 Å². The smallest absolute Gasteiger partial charge is 0.305 e. The summed E-state index contributed by atoms with van der Waals surface area (Å²) < 4.78 is 5.31.